The van der Waals surface area contributed by atoms with E-state index in [9.17, 15) is 4.79 Å². The average molecular weight is 410 g/mol. The predicted octanol–water partition coefficient (Wildman–Crippen LogP) is 4.72. The minimum absolute atomic E-state index is 0.402. The molecule has 2 rings (SSSR count). The molecule has 1 aliphatic carbocycles. The molecular weight excluding hydrogens is 386 g/mol. The summed E-state index contributed by atoms with van der Waals surface area (Å²) in [5.74, 6) is 1.02. The maximum atomic E-state index is 11.5. The summed E-state index contributed by atoms with van der Waals surface area (Å²) in [6, 6.07) is 3.74. The van der Waals surface area contributed by atoms with Crippen LogP contribution in [0.2, 0.25) is 0 Å². The normalized spacial score (nSPS) is 17.6. The average Bonchev–Trinajstić information content (AvgIpc) is 3.16. The maximum absolute atomic E-state index is 11.5. The molecule has 0 aromatic carbocycles. The fourth-order valence-corrected chi connectivity index (χ4v) is 4.44. The van der Waals surface area contributed by atoms with Crippen LogP contribution in [0.1, 0.15) is 18.2 Å². The number of carbonyl (C=O) groups is 1. The van der Waals surface area contributed by atoms with E-state index >= 15 is 0 Å². The van der Waals surface area contributed by atoms with Crippen LogP contribution in [0.4, 0.5) is 4.79 Å². The summed E-state index contributed by atoms with van der Waals surface area (Å²) < 4.78 is 4.66. The summed E-state index contributed by atoms with van der Waals surface area (Å²) >= 11 is 4.83. The van der Waals surface area contributed by atoms with Crippen LogP contribution in [0, 0.1) is 5.41 Å². The highest BCUT2D eigenvalue weighted by atomic mass is 32.2. The van der Waals surface area contributed by atoms with E-state index in [0.29, 0.717) is 10.9 Å². The van der Waals surface area contributed by atoms with Crippen molar-refractivity contribution in [3.63, 3.8) is 0 Å². The van der Waals surface area contributed by atoms with Gasteiger partial charge in [-0.25, -0.2) is 9.79 Å². The molecule has 0 spiro atoms. The number of allylic oxidation sites excluding steroid dienone is 1. The molecule has 0 saturated heterocycles. The van der Waals surface area contributed by atoms with Gasteiger partial charge in [-0.15, -0.1) is 23.1 Å². The van der Waals surface area contributed by atoms with Gasteiger partial charge in [0.25, 0.3) is 0 Å². The molecule has 1 amide bonds. The van der Waals surface area contributed by atoms with Crippen molar-refractivity contribution in [1.82, 2.24) is 5.32 Å². The lowest BCUT2D eigenvalue weighted by atomic mass is 9.94. The molecule has 1 aliphatic rings. The Kier molecular flexibility index (Phi) is 8.47. The van der Waals surface area contributed by atoms with E-state index in [1.807, 2.05) is 18.4 Å². The number of alkyl carbamates (subject to hydrolysis) is 1. The number of hydrogen-bond acceptors (Lipinski definition) is 7. The third-order valence-electron chi connectivity index (χ3n) is 3.60. The van der Waals surface area contributed by atoms with Crippen LogP contribution in [0.5, 0.6) is 0 Å². The summed E-state index contributed by atoms with van der Waals surface area (Å²) in [6.45, 7) is 2.16. The number of carbonyl (C=O) groups excluding carboxylic acids is 1. The molecule has 8 heteroatoms. The Balaban J connectivity index is 2.37. The second kappa shape index (κ2) is 10.6. The number of amides is 1. The Morgan fingerprint density at radius 1 is 1.46 bits per heavy atom. The molecule has 5 nitrogen and oxygen atoms in total. The molecule has 0 saturated carbocycles. The largest absolute Gasteiger partial charge is 0.453 e. The first-order valence-electron chi connectivity index (χ1n) is 8.20. The van der Waals surface area contributed by atoms with Gasteiger partial charge < -0.3 is 10.1 Å². The molecule has 1 unspecified atom stereocenters. The summed E-state index contributed by atoms with van der Waals surface area (Å²) in [5, 5.41) is 13.5. The zero-order chi connectivity index (χ0) is 18.9. The van der Waals surface area contributed by atoms with E-state index in [2.05, 4.69) is 33.4 Å². The Morgan fingerprint density at radius 2 is 2.27 bits per heavy atom. The van der Waals surface area contributed by atoms with Crippen LogP contribution in [0.3, 0.4) is 0 Å². The molecule has 1 aromatic rings. The summed E-state index contributed by atoms with van der Waals surface area (Å²) in [4.78, 5) is 18.6. The third-order valence-corrected chi connectivity index (χ3v) is 6.39. The van der Waals surface area contributed by atoms with Crippen molar-refractivity contribution in [2.24, 2.45) is 4.99 Å². The maximum Gasteiger partial charge on any atom is 0.412 e. The fourth-order valence-electron chi connectivity index (χ4n) is 2.36. The summed E-state index contributed by atoms with van der Waals surface area (Å²) in [7, 11) is 1.32. The van der Waals surface area contributed by atoms with E-state index in [0.717, 1.165) is 24.2 Å². The van der Waals surface area contributed by atoms with E-state index in [4.69, 9.17) is 5.41 Å². The highest BCUT2D eigenvalue weighted by Gasteiger charge is 2.25. The van der Waals surface area contributed by atoms with Gasteiger partial charge in [-0.2, -0.15) is 0 Å². The van der Waals surface area contributed by atoms with Crippen molar-refractivity contribution in [3.05, 3.63) is 45.0 Å². The molecule has 2 N–H and O–H groups in total. The quantitative estimate of drug-likeness (QED) is 0.526. The number of thiophene rings is 1. The number of amidine groups is 1. The second-order valence-electron chi connectivity index (χ2n) is 5.44. The van der Waals surface area contributed by atoms with E-state index in [-0.39, 0.29) is 0 Å². The number of nitrogens with zero attached hydrogens (tertiary/aromatic N) is 1. The van der Waals surface area contributed by atoms with Crippen LogP contribution in [-0.2, 0) is 11.2 Å². The van der Waals surface area contributed by atoms with Gasteiger partial charge >= 0.3 is 6.09 Å². The minimum atomic E-state index is -0.555. The standard InChI is InChI=1S/C18H23N3O2S3/c1-4-9-26-15-8-7-14(19)16(13(15)11-12-6-5-10-25-12)20-17(24-3)21-18(22)23-2/h5-8,10,16,19H,4,9,11H2,1-3H3,(H,20,21,22). The van der Waals surface area contributed by atoms with Gasteiger partial charge in [0, 0.05) is 16.2 Å². The summed E-state index contributed by atoms with van der Waals surface area (Å²) in [5.41, 5.74) is 1.53. The topological polar surface area (TPSA) is 74.5 Å². The van der Waals surface area contributed by atoms with Crippen molar-refractivity contribution in [2.45, 2.75) is 25.8 Å². The van der Waals surface area contributed by atoms with E-state index in [1.165, 1.54) is 28.7 Å². The SMILES string of the molecule is CCCSC1=C(Cc2cccs2)C(N=C(NC(=O)OC)SC)C(=N)C=C1. The number of nitrogens with one attached hydrogen (secondary N) is 2. The lowest BCUT2D eigenvalue weighted by Gasteiger charge is -2.23. The van der Waals surface area contributed by atoms with E-state index in [1.54, 1.807) is 29.2 Å². The van der Waals surface area contributed by atoms with Crippen LogP contribution < -0.4 is 5.32 Å². The Hall–Kier alpha value is -1.51. The lowest BCUT2D eigenvalue weighted by Crippen LogP contribution is -2.32. The van der Waals surface area contributed by atoms with Gasteiger partial charge in [0.1, 0.15) is 6.04 Å². The molecule has 0 radical (unpaired) electrons. The van der Waals surface area contributed by atoms with Crippen molar-refractivity contribution < 1.29 is 9.53 Å². The first-order chi connectivity index (χ1) is 12.6. The highest BCUT2D eigenvalue weighted by Crippen LogP contribution is 2.33. The number of methoxy groups -OCH3 is 1. The summed E-state index contributed by atoms with van der Waals surface area (Å²) in [6.07, 6.45) is 6.95. The molecule has 0 aliphatic heterocycles. The Morgan fingerprint density at radius 3 is 2.88 bits per heavy atom. The molecule has 1 atom stereocenters. The zero-order valence-corrected chi connectivity index (χ0v) is 17.5. The van der Waals surface area contributed by atoms with Gasteiger partial charge in [0.2, 0.25) is 0 Å². The molecule has 140 valence electrons. The highest BCUT2D eigenvalue weighted by molar-refractivity contribution is 8.13. The van der Waals surface area contributed by atoms with E-state index < -0.39 is 12.1 Å². The molecule has 1 heterocycles. The van der Waals surface area contributed by atoms with Gasteiger partial charge in [-0.1, -0.05) is 24.8 Å². The van der Waals surface area contributed by atoms with Gasteiger partial charge in [0.15, 0.2) is 5.17 Å². The van der Waals surface area contributed by atoms with Gasteiger partial charge in [-0.05, 0) is 47.6 Å². The van der Waals surface area contributed by atoms with Crippen LogP contribution in [0.25, 0.3) is 0 Å². The Labute approximate surface area is 166 Å². The number of rotatable bonds is 6. The van der Waals surface area contributed by atoms with Crippen LogP contribution in [-0.4, -0.2) is 42.1 Å². The predicted molar refractivity (Wildman–Crippen MR) is 115 cm³/mol. The first kappa shape index (κ1) is 20.8. The number of hydrogen-bond donors (Lipinski definition) is 2. The minimum Gasteiger partial charge on any atom is -0.453 e. The molecular formula is C18H23N3O2S3. The monoisotopic (exact) mass is 409 g/mol. The molecule has 26 heavy (non-hydrogen) atoms. The van der Waals surface area contributed by atoms with Crippen molar-refractivity contribution in [3.8, 4) is 0 Å². The fraction of sp³-hybridized carbons (Fsp3) is 0.389. The second-order valence-corrected chi connectivity index (χ2v) is 8.40. The number of ether oxygens (including phenoxy) is 1. The molecule has 0 bridgehead atoms. The van der Waals surface area contributed by atoms with Crippen LogP contribution >= 0.6 is 34.9 Å². The zero-order valence-electron chi connectivity index (χ0n) is 15.1. The number of thioether (sulfide) groups is 2. The number of aliphatic imine (C=N–C) groups is 1. The van der Waals surface area contributed by atoms with Gasteiger partial charge in [-0.3, -0.25) is 5.32 Å². The Bertz CT molecular complexity index is 724. The van der Waals surface area contributed by atoms with Crippen molar-refractivity contribution in [1.29, 1.82) is 5.41 Å². The van der Waals surface area contributed by atoms with Crippen LogP contribution in [0.15, 0.2) is 45.1 Å². The third kappa shape index (κ3) is 5.75. The first-order valence-corrected chi connectivity index (χ1v) is 11.3. The molecule has 1 aromatic heterocycles. The van der Waals surface area contributed by atoms with Gasteiger partial charge in [0.05, 0.1) is 12.8 Å². The smallest absolute Gasteiger partial charge is 0.412 e. The molecule has 0 fully saturated rings. The lowest BCUT2D eigenvalue weighted by molar-refractivity contribution is 0.177. The van der Waals surface area contributed by atoms with Crippen molar-refractivity contribution >= 4 is 51.8 Å². The van der Waals surface area contributed by atoms with Crippen molar-refractivity contribution in [2.75, 3.05) is 19.1 Å².